The monoisotopic (exact) mass is 622 g/mol. The largest absolute Gasteiger partial charge is 0.448 e. The minimum atomic E-state index is -1.09. The molecule has 2 atom stereocenters. The molecule has 5 bridgehead atoms. The molecule has 3 aromatic heterocycles. The number of benzene rings is 1. The van der Waals surface area contributed by atoms with Gasteiger partial charge in [-0.1, -0.05) is 18.2 Å². The van der Waals surface area contributed by atoms with Crippen molar-refractivity contribution in [2.24, 2.45) is 0 Å². The second-order valence-electron chi connectivity index (χ2n) is 12.1. The quantitative estimate of drug-likeness (QED) is 0.322. The Hall–Kier alpha value is -4.94. The summed E-state index contributed by atoms with van der Waals surface area (Å²) in [5, 5.41) is 10.9. The van der Waals surface area contributed by atoms with Gasteiger partial charge in [0.15, 0.2) is 6.10 Å². The molecule has 12 heteroatoms. The SMILES string of the molecule is Cc1cc(C[C@H]2OC(=O)c3cnc4c(c3)C[C@@]3(C4)C(=O)Nc4ncc(cc43)/C=C/COCCOCCN(C)C2=O)cc2cn[nH]c12. The number of amides is 2. The zero-order chi connectivity index (χ0) is 31.8. The van der Waals surface area contributed by atoms with Crippen LogP contribution in [0.15, 0.2) is 48.9 Å². The summed E-state index contributed by atoms with van der Waals surface area (Å²) in [5.74, 6) is -0.618. The number of fused-ring (bicyclic) bond motifs is 3. The fourth-order valence-corrected chi connectivity index (χ4v) is 6.51. The first kappa shape index (κ1) is 29.8. The highest BCUT2D eigenvalue weighted by Gasteiger charge is 2.52. The minimum absolute atomic E-state index is 0.144. The van der Waals surface area contributed by atoms with Crippen molar-refractivity contribution >= 4 is 40.6 Å². The van der Waals surface area contributed by atoms with Crippen LogP contribution in [-0.4, -0.2) is 89.0 Å². The molecule has 1 aliphatic carbocycles. The van der Waals surface area contributed by atoms with E-state index < -0.39 is 17.5 Å². The van der Waals surface area contributed by atoms with Crippen LogP contribution in [0, 0.1) is 6.92 Å². The van der Waals surface area contributed by atoms with E-state index in [-0.39, 0.29) is 23.8 Å². The van der Waals surface area contributed by atoms with E-state index in [2.05, 4.69) is 25.5 Å². The van der Waals surface area contributed by atoms with Gasteiger partial charge in [0.25, 0.3) is 5.91 Å². The number of esters is 1. The van der Waals surface area contributed by atoms with Crippen LogP contribution in [0.5, 0.6) is 0 Å². The maximum atomic E-state index is 13.7. The molecule has 7 rings (SSSR count). The van der Waals surface area contributed by atoms with E-state index in [9.17, 15) is 14.4 Å². The number of aromatic amines is 1. The van der Waals surface area contributed by atoms with Crippen LogP contribution in [0.1, 0.15) is 43.9 Å². The number of carbonyl (C=O) groups excluding carboxylic acids is 3. The Balaban J connectivity index is 1.20. The smallest absolute Gasteiger partial charge is 0.340 e. The maximum absolute atomic E-state index is 13.7. The van der Waals surface area contributed by atoms with Crippen molar-refractivity contribution in [3.05, 3.63) is 88.0 Å². The van der Waals surface area contributed by atoms with E-state index >= 15 is 0 Å². The number of cyclic esters (lactones) is 1. The molecular weight excluding hydrogens is 588 g/mol. The Morgan fingerprint density at radius 2 is 1.87 bits per heavy atom. The number of H-pyrrole nitrogens is 1. The first-order valence-corrected chi connectivity index (χ1v) is 15.3. The molecule has 0 unspecified atom stereocenters. The van der Waals surface area contributed by atoms with Crippen LogP contribution in [0.25, 0.3) is 17.0 Å². The molecule has 0 fully saturated rings. The van der Waals surface area contributed by atoms with Crippen molar-refractivity contribution in [1.29, 1.82) is 0 Å². The molecule has 12 nitrogen and oxygen atoms in total. The summed E-state index contributed by atoms with van der Waals surface area (Å²) in [4.78, 5) is 51.4. The van der Waals surface area contributed by atoms with Crippen molar-refractivity contribution in [3.63, 3.8) is 0 Å². The third-order valence-corrected chi connectivity index (χ3v) is 8.94. The zero-order valence-corrected chi connectivity index (χ0v) is 25.7. The topological polar surface area (TPSA) is 149 Å². The maximum Gasteiger partial charge on any atom is 0.340 e. The highest BCUT2D eigenvalue weighted by Crippen LogP contribution is 2.46. The summed E-state index contributed by atoms with van der Waals surface area (Å²) in [6.07, 6.45) is 8.54. The van der Waals surface area contributed by atoms with Crippen molar-refractivity contribution in [2.45, 2.75) is 37.7 Å². The number of anilines is 1. The standard InChI is InChI=1S/C34H34N6O6/c1-20-10-22(11-24-19-37-39-29(20)24)13-28-31(41)40(2)5-7-45-9-8-44-6-3-4-21-12-26-30(36-17-21)38-33(43)34(26)15-23-14-25(32(42)46-28)18-35-27(23)16-34/h3-4,10-12,14,17-19,28H,5-9,13,15-16H2,1-2H3,(H,37,39)(H,36,38,43)/b4-3+/t28-,34+/m1/s1. The first-order chi connectivity index (χ1) is 22.3. The minimum Gasteiger partial charge on any atom is -0.448 e. The van der Waals surface area contributed by atoms with E-state index in [1.54, 1.807) is 25.5 Å². The van der Waals surface area contributed by atoms with Gasteiger partial charge in [-0.25, -0.2) is 9.78 Å². The van der Waals surface area contributed by atoms with Crippen LogP contribution in [0.3, 0.4) is 0 Å². The number of hydrogen-bond donors (Lipinski definition) is 2. The van der Waals surface area contributed by atoms with Gasteiger partial charge in [-0.2, -0.15) is 5.10 Å². The highest BCUT2D eigenvalue weighted by molar-refractivity contribution is 6.06. The molecule has 0 saturated heterocycles. The number of aryl methyl sites for hydroxylation is 1. The summed E-state index contributed by atoms with van der Waals surface area (Å²) in [5.41, 5.74) is 5.24. The Bertz CT molecular complexity index is 1890. The van der Waals surface area contributed by atoms with Crippen LogP contribution in [0.2, 0.25) is 0 Å². The van der Waals surface area contributed by atoms with Gasteiger partial charge in [0.05, 0.1) is 49.1 Å². The lowest BCUT2D eigenvalue weighted by molar-refractivity contribution is -0.140. The second kappa shape index (κ2) is 12.1. The molecule has 0 radical (unpaired) electrons. The van der Waals surface area contributed by atoms with Gasteiger partial charge in [-0.05, 0) is 53.8 Å². The highest BCUT2D eigenvalue weighted by atomic mass is 16.5. The lowest BCUT2D eigenvalue weighted by atomic mass is 9.79. The average molecular weight is 623 g/mol. The van der Waals surface area contributed by atoms with E-state index in [1.807, 2.05) is 37.3 Å². The van der Waals surface area contributed by atoms with E-state index in [0.29, 0.717) is 51.6 Å². The normalized spacial score (nSPS) is 22.8. The van der Waals surface area contributed by atoms with Crippen LogP contribution >= 0.6 is 0 Å². The molecule has 1 aromatic carbocycles. The van der Waals surface area contributed by atoms with Crippen LogP contribution in [0.4, 0.5) is 5.82 Å². The van der Waals surface area contributed by atoms with Gasteiger partial charge >= 0.3 is 5.97 Å². The second-order valence-corrected chi connectivity index (χ2v) is 12.1. The third-order valence-electron chi connectivity index (χ3n) is 8.94. The molecule has 0 saturated carbocycles. The number of nitrogens with zero attached hydrogens (tertiary/aromatic N) is 4. The zero-order valence-electron chi connectivity index (χ0n) is 25.7. The fourth-order valence-electron chi connectivity index (χ4n) is 6.51. The van der Waals surface area contributed by atoms with Crippen molar-refractivity contribution < 1.29 is 28.6 Å². The van der Waals surface area contributed by atoms with Gasteiger partial charge in [0, 0.05) is 55.5 Å². The van der Waals surface area contributed by atoms with Gasteiger partial charge in [0.1, 0.15) is 5.82 Å². The molecule has 2 aliphatic heterocycles. The molecule has 1 spiro atoms. The predicted octanol–water partition coefficient (Wildman–Crippen LogP) is 2.94. The molecule has 5 heterocycles. The van der Waals surface area contributed by atoms with E-state index in [4.69, 9.17) is 14.2 Å². The summed E-state index contributed by atoms with van der Waals surface area (Å²) in [6, 6.07) is 7.60. The number of ether oxygens (including phenoxy) is 3. The summed E-state index contributed by atoms with van der Waals surface area (Å²) in [6.45, 7) is 3.70. The number of aromatic nitrogens is 4. The summed E-state index contributed by atoms with van der Waals surface area (Å²) >= 11 is 0. The molecule has 46 heavy (non-hydrogen) atoms. The lowest BCUT2D eigenvalue weighted by Gasteiger charge is -2.24. The number of carbonyl (C=O) groups is 3. The van der Waals surface area contributed by atoms with E-state index in [1.165, 1.54) is 11.1 Å². The Morgan fingerprint density at radius 3 is 2.76 bits per heavy atom. The molecule has 236 valence electrons. The molecular formula is C34H34N6O6. The Labute approximate surface area is 265 Å². The number of nitrogens with one attached hydrogen (secondary N) is 2. The first-order valence-electron chi connectivity index (χ1n) is 15.3. The van der Waals surface area contributed by atoms with Gasteiger partial charge in [-0.3, -0.25) is 19.7 Å². The Kier molecular flexibility index (Phi) is 7.83. The molecule has 2 N–H and O–H groups in total. The summed E-state index contributed by atoms with van der Waals surface area (Å²) < 4.78 is 17.3. The molecule has 3 aliphatic rings. The predicted molar refractivity (Wildman–Crippen MR) is 168 cm³/mol. The van der Waals surface area contributed by atoms with Gasteiger partial charge in [0.2, 0.25) is 5.91 Å². The molecule has 4 aromatic rings. The number of pyridine rings is 2. The van der Waals surface area contributed by atoms with Gasteiger partial charge in [-0.15, -0.1) is 0 Å². The average Bonchev–Trinajstić information content (AvgIpc) is 3.75. The molecule has 2 amide bonds. The number of hydrogen-bond acceptors (Lipinski definition) is 9. The lowest BCUT2D eigenvalue weighted by Crippen LogP contribution is -2.42. The number of rotatable bonds is 2. The third kappa shape index (κ3) is 5.54. The van der Waals surface area contributed by atoms with Crippen molar-refractivity contribution in [3.8, 4) is 0 Å². The van der Waals surface area contributed by atoms with Crippen LogP contribution < -0.4 is 5.32 Å². The van der Waals surface area contributed by atoms with Crippen molar-refractivity contribution in [2.75, 3.05) is 45.3 Å². The Morgan fingerprint density at radius 1 is 1.00 bits per heavy atom. The van der Waals surface area contributed by atoms with Crippen LogP contribution in [-0.2, 0) is 48.5 Å². The number of likely N-dealkylation sites (N-methyl/N-ethyl adjacent to an activating group) is 1. The van der Waals surface area contributed by atoms with Crippen molar-refractivity contribution in [1.82, 2.24) is 25.1 Å². The fraction of sp³-hybridized carbons (Fsp3) is 0.353. The summed E-state index contributed by atoms with van der Waals surface area (Å²) in [7, 11) is 1.66. The van der Waals surface area contributed by atoms with E-state index in [0.717, 1.165) is 44.4 Å². The van der Waals surface area contributed by atoms with Gasteiger partial charge < -0.3 is 24.4 Å².